The Morgan fingerprint density at radius 2 is 1.55 bits per heavy atom. The van der Waals surface area contributed by atoms with E-state index >= 15 is 0 Å². The first-order chi connectivity index (χ1) is 18.3. The summed E-state index contributed by atoms with van der Waals surface area (Å²) in [5.41, 5.74) is 2.27. The van der Waals surface area contributed by atoms with Crippen molar-refractivity contribution >= 4 is 31.8 Å². The molecule has 0 N–H and O–H groups in total. The van der Waals surface area contributed by atoms with Crippen molar-refractivity contribution in [3.05, 3.63) is 83.4 Å². The molecule has 4 rings (SSSR count). The molecular weight excluding hydrogens is 570 g/mol. The van der Waals surface area contributed by atoms with Crippen molar-refractivity contribution in [3.63, 3.8) is 0 Å². The van der Waals surface area contributed by atoms with Crippen LogP contribution >= 0.6 is 15.9 Å². The second-order valence-corrected chi connectivity index (χ2v) is 11.6. The number of benzene rings is 2. The van der Waals surface area contributed by atoms with Crippen LogP contribution in [0.1, 0.15) is 19.4 Å². The van der Waals surface area contributed by atoms with Gasteiger partial charge in [-0.1, -0.05) is 61.9 Å². The van der Waals surface area contributed by atoms with Gasteiger partial charge in [-0.3, -0.25) is 0 Å². The molecule has 0 aliphatic carbocycles. The maximum Gasteiger partial charge on any atom is 0.316 e. The Kier molecular flexibility index (Phi) is 8.90. The van der Waals surface area contributed by atoms with Crippen LogP contribution in [0.5, 0.6) is 11.9 Å². The molecule has 0 aliphatic heterocycles. The lowest BCUT2D eigenvalue weighted by Gasteiger charge is -2.27. The van der Waals surface area contributed by atoms with Crippen molar-refractivity contribution in [1.82, 2.24) is 19.9 Å². The second kappa shape index (κ2) is 12.3. The highest BCUT2D eigenvalue weighted by Crippen LogP contribution is 2.38. The molecule has 4 aromatic rings. The van der Waals surface area contributed by atoms with Gasteiger partial charge in [0.15, 0.2) is 5.82 Å². The Bertz CT molecular complexity index is 1450. The molecule has 2 aromatic heterocycles. The van der Waals surface area contributed by atoms with Crippen LogP contribution in [0.2, 0.25) is 0 Å². The van der Waals surface area contributed by atoms with Crippen molar-refractivity contribution in [1.29, 1.82) is 0 Å². The van der Waals surface area contributed by atoms with Gasteiger partial charge in [-0.15, -0.1) is 0 Å². The third-order valence-corrected chi connectivity index (χ3v) is 7.56. The Balaban J connectivity index is 1.72. The molecule has 0 amide bonds. The largest absolute Gasteiger partial charge is 0.473 e. The van der Waals surface area contributed by atoms with E-state index in [-0.39, 0.29) is 48.3 Å². The van der Waals surface area contributed by atoms with Crippen molar-refractivity contribution in [2.45, 2.75) is 25.7 Å². The summed E-state index contributed by atoms with van der Waals surface area (Å²) in [4.78, 5) is 17.2. The van der Waals surface area contributed by atoms with Gasteiger partial charge < -0.3 is 9.47 Å². The minimum absolute atomic E-state index is 0.0259. The predicted molar refractivity (Wildman–Crippen MR) is 149 cm³/mol. The summed E-state index contributed by atoms with van der Waals surface area (Å²) in [5.74, 6) is 0.516. The van der Waals surface area contributed by atoms with Gasteiger partial charge in [0.2, 0.25) is 5.88 Å². The van der Waals surface area contributed by atoms with Crippen LogP contribution in [0.3, 0.4) is 0 Å². The van der Waals surface area contributed by atoms with Crippen molar-refractivity contribution in [2.75, 3.05) is 24.1 Å². The molecule has 198 valence electrons. The molecule has 9 nitrogen and oxygen atoms in total. The molecule has 0 bridgehead atoms. The number of sulfonamides is 1. The van der Waals surface area contributed by atoms with Crippen LogP contribution in [-0.4, -0.2) is 48.1 Å². The summed E-state index contributed by atoms with van der Waals surface area (Å²) in [6.45, 7) is 6.40. The second-order valence-electron chi connectivity index (χ2n) is 8.87. The highest BCUT2D eigenvalue weighted by Gasteiger charge is 2.31. The molecule has 2 heterocycles. The van der Waals surface area contributed by atoms with E-state index in [1.54, 1.807) is 42.7 Å². The number of aryl methyl sites for hydroxylation is 1. The topological polar surface area (TPSA) is 107 Å². The lowest BCUT2D eigenvalue weighted by Crippen LogP contribution is -2.35. The van der Waals surface area contributed by atoms with E-state index in [0.717, 1.165) is 15.6 Å². The highest BCUT2D eigenvalue weighted by molar-refractivity contribution is 9.10. The van der Waals surface area contributed by atoms with Gasteiger partial charge in [-0.25, -0.2) is 32.7 Å². The highest BCUT2D eigenvalue weighted by atomic mass is 79.9. The average Bonchev–Trinajstić information content (AvgIpc) is 2.91. The van der Waals surface area contributed by atoms with Crippen LogP contribution in [0.15, 0.2) is 82.7 Å². The first-order valence-corrected chi connectivity index (χ1v) is 14.2. The molecule has 0 saturated heterocycles. The summed E-state index contributed by atoms with van der Waals surface area (Å²) in [5, 5.41) is 0. The summed E-state index contributed by atoms with van der Waals surface area (Å²) < 4.78 is 41.4. The van der Waals surface area contributed by atoms with Gasteiger partial charge in [0.1, 0.15) is 19.5 Å². The number of aromatic nitrogens is 4. The number of nitrogens with zero attached hydrogens (tertiary/aromatic N) is 5. The summed E-state index contributed by atoms with van der Waals surface area (Å²) >= 11 is 3.29. The lowest BCUT2D eigenvalue weighted by atomic mass is 10.1. The minimum atomic E-state index is -3.93. The Morgan fingerprint density at radius 3 is 2.21 bits per heavy atom. The number of anilines is 1. The zero-order valence-corrected chi connectivity index (χ0v) is 23.7. The molecule has 2 aromatic carbocycles. The van der Waals surface area contributed by atoms with Crippen molar-refractivity contribution < 1.29 is 17.9 Å². The van der Waals surface area contributed by atoms with Gasteiger partial charge in [0.25, 0.3) is 10.0 Å². The minimum Gasteiger partial charge on any atom is -0.473 e. The smallest absolute Gasteiger partial charge is 0.316 e. The zero-order chi connectivity index (χ0) is 27.1. The SMILES string of the molecule is Cc1ccc(-c2c(OCCOc3ncc(Br)cn3)ncnc2N(CC(C)C)S(=O)(=O)c2ccccc2)cc1. The summed E-state index contributed by atoms with van der Waals surface area (Å²) in [6, 6.07) is 16.2. The molecule has 0 aliphatic rings. The van der Waals surface area contributed by atoms with Crippen LogP contribution < -0.4 is 13.8 Å². The molecule has 11 heteroatoms. The van der Waals surface area contributed by atoms with E-state index in [1.165, 1.54) is 10.6 Å². The Labute approximate surface area is 231 Å². The third kappa shape index (κ3) is 6.65. The van der Waals surface area contributed by atoms with E-state index in [9.17, 15) is 8.42 Å². The summed E-state index contributed by atoms with van der Waals surface area (Å²) in [7, 11) is -3.93. The van der Waals surface area contributed by atoms with E-state index < -0.39 is 10.0 Å². The van der Waals surface area contributed by atoms with Gasteiger partial charge in [0.05, 0.1) is 14.9 Å². The van der Waals surface area contributed by atoms with Crippen LogP contribution in [0.25, 0.3) is 11.1 Å². The maximum absolute atomic E-state index is 13.8. The molecule has 0 saturated carbocycles. The standard InChI is InChI=1S/C27H28BrN5O4S/c1-19(2)17-33(38(34,35)23-7-5-4-6-8-23)25-24(21-11-9-20(3)10-12-21)26(32-18-31-25)36-13-14-37-27-29-15-22(28)16-30-27/h4-12,15-16,18-19H,13-14,17H2,1-3H3. The average molecular weight is 599 g/mol. The van der Waals surface area contributed by atoms with Crippen molar-refractivity contribution in [3.8, 4) is 23.0 Å². The zero-order valence-electron chi connectivity index (χ0n) is 21.3. The van der Waals surface area contributed by atoms with E-state index in [4.69, 9.17) is 9.47 Å². The van der Waals surface area contributed by atoms with E-state index in [1.807, 2.05) is 45.0 Å². The molecule has 0 atom stereocenters. The number of rotatable bonds is 11. The molecule has 38 heavy (non-hydrogen) atoms. The monoisotopic (exact) mass is 597 g/mol. The third-order valence-electron chi connectivity index (χ3n) is 5.38. The normalized spacial score (nSPS) is 11.4. The Hall–Kier alpha value is -3.57. The van der Waals surface area contributed by atoms with E-state index in [0.29, 0.717) is 5.56 Å². The first-order valence-electron chi connectivity index (χ1n) is 12.0. The lowest BCUT2D eigenvalue weighted by molar-refractivity contribution is 0.202. The molecule has 0 spiro atoms. The maximum atomic E-state index is 13.8. The fraction of sp³-hybridized carbons (Fsp3) is 0.259. The van der Waals surface area contributed by atoms with Gasteiger partial charge in [-0.2, -0.15) is 0 Å². The van der Waals surface area contributed by atoms with Gasteiger partial charge in [0, 0.05) is 18.9 Å². The van der Waals surface area contributed by atoms with Gasteiger partial charge in [-0.05, 0) is 46.5 Å². The molecule has 0 unspecified atom stereocenters. The Morgan fingerprint density at radius 1 is 0.895 bits per heavy atom. The first kappa shape index (κ1) is 27.5. The van der Waals surface area contributed by atoms with E-state index in [2.05, 4.69) is 35.9 Å². The van der Waals surface area contributed by atoms with Crippen LogP contribution in [-0.2, 0) is 10.0 Å². The molecule has 0 radical (unpaired) electrons. The van der Waals surface area contributed by atoms with Crippen LogP contribution in [0, 0.1) is 12.8 Å². The van der Waals surface area contributed by atoms with Crippen molar-refractivity contribution in [2.24, 2.45) is 5.92 Å². The quantitative estimate of drug-likeness (QED) is 0.214. The van der Waals surface area contributed by atoms with Crippen LogP contribution in [0.4, 0.5) is 5.82 Å². The fourth-order valence-corrected chi connectivity index (χ4v) is 5.45. The number of hydrogen-bond donors (Lipinski definition) is 0. The number of hydrogen-bond acceptors (Lipinski definition) is 8. The fourth-order valence-electron chi connectivity index (χ4n) is 3.63. The predicted octanol–water partition coefficient (Wildman–Crippen LogP) is 5.31. The number of ether oxygens (including phenoxy) is 2. The summed E-state index contributed by atoms with van der Waals surface area (Å²) in [6.07, 6.45) is 4.49. The van der Waals surface area contributed by atoms with Gasteiger partial charge >= 0.3 is 6.01 Å². The number of halogens is 1. The molecule has 0 fully saturated rings. The molecular formula is C27H28BrN5O4S.